The van der Waals surface area contributed by atoms with E-state index in [2.05, 4.69) is 40.2 Å². The van der Waals surface area contributed by atoms with Crippen LogP contribution >= 0.6 is 31.9 Å². The lowest BCUT2D eigenvalue weighted by atomic mass is 9.72. The van der Waals surface area contributed by atoms with Crippen molar-refractivity contribution in [3.05, 3.63) is 55.5 Å². The van der Waals surface area contributed by atoms with E-state index in [1.165, 1.54) is 12.1 Å². The molecule has 2 aliphatic carbocycles. The highest BCUT2D eigenvalue weighted by atomic mass is 79.9. The van der Waals surface area contributed by atoms with E-state index in [0.29, 0.717) is 35.1 Å². The van der Waals surface area contributed by atoms with Crippen molar-refractivity contribution in [2.45, 2.75) is 67.8 Å². The minimum atomic E-state index is -6.02. The number of rotatable bonds is 4. The normalized spacial score (nSPS) is 19.6. The Hall–Kier alpha value is -1.52. The van der Waals surface area contributed by atoms with E-state index in [1.807, 2.05) is 27.7 Å². The second-order valence-corrected chi connectivity index (χ2v) is 15.4. The number of alkyl halides is 6. The second-order valence-electron chi connectivity index (χ2n) is 10.8. The first-order chi connectivity index (χ1) is 17.4. The average Bonchev–Trinajstić information content (AvgIpc) is 3.09. The maximum atomic E-state index is 13.1. The SMILES string of the molecule is CC1(C)CC2(CC(C)(C)c3ccc(OS(=O)(=O)C(F)(F)F)c(Br)c32)c2c1ccc(OS(=O)(=O)C(F)(F)F)c2Br. The fraction of sp³-hybridized carbons (Fsp3) is 0.478. The van der Waals surface area contributed by atoms with Gasteiger partial charge in [0.2, 0.25) is 0 Å². The molecular weight excluding hydrogens is 710 g/mol. The molecule has 1 spiro atoms. The minimum Gasteiger partial charge on any atom is -0.375 e. The van der Waals surface area contributed by atoms with E-state index < -0.39 is 59.0 Å². The van der Waals surface area contributed by atoms with Crippen LogP contribution in [-0.4, -0.2) is 27.9 Å². The van der Waals surface area contributed by atoms with Crippen molar-refractivity contribution in [2.75, 3.05) is 0 Å². The fourth-order valence-corrected chi connectivity index (χ4v) is 8.64. The first-order valence-electron chi connectivity index (χ1n) is 11.1. The lowest BCUT2D eigenvalue weighted by Crippen LogP contribution is -2.29. The molecule has 0 N–H and O–H groups in total. The number of benzene rings is 2. The molecule has 0 heterocycles. The highest BCUT2D eigenvalue weighted by molar-refractivity contribution is 9.11. The van der Waals surface area contributed by atoms with Crippen molar-refractivity contribution in [3.8, 4) is 11.5 Å². The van der Waals surface area contributed by atoms with Crippen LogP contribution in [0.4, 0.5) is 26.3 Å². The van der Waals surface area contributed by atoms with Gasteiger partial charge in [-0.25, -0.2) is 0 Å². The van der Waals surface area contributed by atoms with Crippen molar-refractivity contribution in [3.63, 3.8) is 0 Å². The van der Waals surface area contributed by atoms with Crippen molar-refractivity contribution >= 4 is 52.1 Å². The average molecular weight is 730 g/mol. The van der Waals surface area contributed by atoms with E-state index in [1.54, 1.807) is 0 Å². The standard InChI is InChI=1S/C23H20Br2F6O6S2/c1-19(2)9-21(15-11(19)5-7-13(17(15)24)36-38(32,33)22(26,27)28)10-20(3,4)12-6-8-14(18(25)16(12)21)37-39(34,35)23(29,30)31/h5-8H,9-10H2,1-4H3. The Morgan fingerprint density at radius 3 is 1.26 bits per heavy atom. The summed E-state index contributed by atoms with van der Waals surface area (Å²) in [4.78, 5) is 0. The molecule has 39 heavy (non-hydrogen) atoms. The summed E-state index contributed by atoms with van der Waals surface area (Å²) in [5.74, 6) is -1.25. The second kappa shape index (κ2) is 8.74. The fourth-order valence-electron chi connectivity index (χ4n) is 5.88. The van der Waals surface area contributed by atoms with E-state index in [0.717, 1.165) is 12.1 Å². The van der Waals surface area contributed by atoms with E-state index in [9.17, 15) is 43.2 Å². The van der Waals surface area contributed by atoms with Gasteiger partial charge >= 0.3 is 31.3 Å². The van der Waals surface area contributed by atoms with Crippen LogP contribution < -0.4 is 8.37 Å². The molecule has 216 valence electrons. The highest BCUT2D eigenvalue weighted by Gasteiger charge is 2.59. The molecule has 0 bridgehead atoms. The van der Waals surface area contributed by atoms with Gasteiger partial charge in [0.25, 0.3) is 0 Å². The van der Waals surface area contributed by atoms with Crippen LogP contribution in [0.5, 0.6) is 11.5 Å². The number of fused-ring (bicyclic) bond motifs is 4. The monoisotopic (exact) mass is 728 g/mol. The minimum absolute atomic E-state index is 0.0804. The third-order valence-electron chi connectivity index (χ3n) is 7.08. The van der Waals surface area contributed by atoms with Gasteiger partial charge in [0, 0.05) is 5.41 Å². The Morgan fingerprint density at radius 1 is 0.667 bits per heavy atom. The Kier molecular flexibility index (Phi) is 6.82. The largest absolute Gasteiger partial charge is 0.534 e. The van der Waals surface area contributed by atoms with Gasteiger partial charge in [-0.15, -0.1) is 0 Å². The molecule has 0 radical (unpaired) electrons. The molecular formula is C23H20Br2F6O6S2. The van der Waals surface area contributed by atoms with Gasteiger partial charge in [-0.3, -0.25) is 0 Å². The highest BCUT2D eigenvalue weighted by Crippen LogP contribution is 2.66. The van der Waals surface area contributed by atoms with Crippen LogP contribution in [-0.2, 0) is 36.5 Å². The molecule has 0 aliphatic heterocycles. The lowest BCUT2D eigenvalue weighted by molar-refractivity contribution is -0.0505. The molecule has 0 fully saturated rings. The summed E-state index contributed by atoms with van der Waals surface area (Å²) in [6.07, 6.45) is 0.599. The van der Waals surface area contributed by atoms with Crippen LogP contribution in [0, 0.1) is 0 Å². The summed E-state index contributed by atoms with van der Waals surface area (Å²) in [7, 11) is -12.0. The van der Waals surface area contributed by atoms with Gasteiger partial charge in [0.15, 0.2) is 11.5 Å². The summed E-state index contributed by atoms with van der Waals surface area (Å²) in [5, 5.41) is 0. The number of hydrogen-bond acceptors (Lipinski definition) is 6. The van der Waals surface area contributed by atoms with Gasteiger partial charge in [-0.1, -0.05) is 39.8 Å². The van der Waals surface area contributed by atoms with Crippen molar-refractivity contribution in [2.24, 2.45) is 0 Å². The van der Waals surface area contributed by atoms with Gasteiger partial charge in [-0.05, 0) is 89.9 Å². The third kappa shape index (κ3) is 4.66. The molecule has 0 amide bonds. The lowest BCUT2D eigenvalue weighted by Gasteiger charge is -2.32. The Bertz CT molecular complexity index is 1480. The van der Waals surface area contributed by atoms with Crippen LogP contribution in [0.25, 0.3) is 0 Å². The Labute approximate surface area is 237 Å². The topological polar surface area (TPSA) is 86.7 Å². The van der Waals surface area contributed by atoms with E-state index in [-0.39, 0.29) is 8.95 Å². The van der Waals surface area contributed by atoms with E-state index in [4.69, 9.17) is 0 Å². The molecule has 4 rings (SSSR count). The van der Waals surface area contributed by atoms with Crippen LogP contribution in [0.2, 0.25) is 0 Å². The number of hydrogen-bond donors (Lipinski definition) is 0. The van der Waals surface area contributed by atoms with Gasteiger partial charge in [0.05, 0.1) is 8.95 Å². The molecule has 0 aromatic heterocycles. The third-order valence-corrected chi connectivity index (χ3v) is 10.6. The van der Waals surface area contributed by atoms with Gasteiger partial charge < -0.3 is 8.37 Å². The zero-order chi connectivity index (χ0) is 29.8. The molecule has 2 aromatic rings. The molecule has 0 unspecified atom stereocenters. The predicted octanol–water partition coefficient (Wildman–Crippen LogP) is 7.32. The summed E-state index contributed by atoms with van der Waals surface area (Å²) >= 11 is 6.50. The van der Waals surface area contributed by atoms with Gasteiger partial charge in [-0.2, -0.15) is 43.2 Å². The molecule has 0 saturated carbocycles. The summed E-state index contributed by atoms with van der Waals surface area (Å²) in [6, 6.07) is 5.09. The summed E-state index contributed by atoms with van der Waals surface area (Å²) in [6.45, 7) is 7.42. The van der Waals surface area contributed by atoms with Crippen molar-refractivity contribution in [1.29, 1.82) is 0 Å². The van der Waals surface area contributed by atoms with Crippen LogP contribution in [0.15, 0.2) is 33.2 Å². The maximum absolute atomic E-state index is 13.1. The molecule has 2 aliphatic rings. The van der Waals surface area contributed by atoms with Crippen LogP contribution in [0.1, 0.15) is 62.8 Å². The predicted molar refractivity (Wildman–Crippen MR) is 136 cm³/mol. The quantitative estimate of drug-likeness (QED) is 0.186. The van der Waals surface area contributed by atoms with Crippen molar-refractivity contribution in [1.82, 2.24) is 0 Å². The zero-order valence-corrected chi connectivity index (χ0v) is 25.3. The first-order valence-corrected chi connectivity index (χ1v) is 15.5. The molecule has 16 heteroatoms. The zero-order valence-electron chi connectivity index (χ0n) is 20.5. The molecule has 2 aromatic carbocycles. The first kappa shape index (κ1) is 30.4. The van der Waals surface area contributed by atoms with Crippen LogP contribution in [0.3, 0.4) is 0 Å². The smallest absolute Gasteiger partial charge is 0.375 e. The number of halogens is 8. The summed E-state index contributed by atoms with van der Waals surface area (Å²) < 4.78 is 134. The van der Waals surface area contributed by atoms with E-state index >= 15 is 0 Å². The Balaban J connectivity index is 2.00. The van der Waals surface area contributed by atoms with Crippen molar-refractivity contribution < 1.29 is 51.5 Å². The summed E-state index contributed by atoms with van der Waals surface area (Å²) in [5.41, 5.74) is -11.8. The molecule has 0 saturated heterocycles. The molecule has 6 nitrogen and oxygen atoms in total. The maximum Gasteiger partial charge on any atom is 0.534 e. The Morgan fingerprint density at radius 2 is 0.974 bits per heavy atom. The van der Waals surface area contributed by atoms with Gasteiger partial charge in [0.1, 0.15) is 0 Å². The molecule has 0 atom stereocenters.